The van der Waals surface area contributed by atoms with Crippen LogP contribution in [0.1, 0.15) is 25.7 Å². The maximum Gasteiger partial charge on any atom is 0.240 e. The monoisotopic (exact) mass is 332 g/mol. The first-order valence-electron chi connectivity index (χ1n) is 8.00. The summed E-state index contributed by atoms with van der Waals surface area (Å²) >= 11 is 0. The quantitative estimate of drug-likeness (QED) is 0.693. The Bertz CT molecular complexity index is 375. The molecule has 1 aliphatic carbocycles. The molecule has 22 heavy (non-hydrogen) atoms. The third kappa shape index (κ3) is 5.74. The highest BCUT2D eigenvalue weighted by atomic mass is 35.5. The SMILES string of the molecule is CN(C)CCNC(=O)CC1NCCN(CC2CCC2)C1=O.Cl. The smallest absolute Gasteiger partial charge is 0.240 e. The standard InChI is InChI=1S/C15H28N4O2.ClH/c1-18(2)8-6-17-14(20)10-13-15(21)19(9-7-16-13)11-12-4-3-5-12;/h12-13,16H,3-11H2,1-2H3,(H,17,20);1H. The minimum absolute atomic E-state index is 0. The number of likely N-dealkylation sites (N-methyl/N-ethyl adjacent to an activating group) is 1. The van der Waals surface area contributed by atoms with Crippen LogP contribution in [0.25, 0.3) is 0 Å². The number of halogens is 1. The molecule has 1 unspecified atom stereocenters. The van der Waals surface area contributed by atoms with Crippen LogP contribution in [-0.2, 0) is 9.59 Å². The molecular formula is C15H29ClN4O2. The molecule has 1 aliphatic heterocycles. The summed E-state index contributed by atoms with van der Waals surface area (Å²) in [5, 5.41) is 6.04. The maximum absolute atomic E-state index is 12.4. The molecule has 2 amide bonds. The Morgan fingerprint density at radius 1 is 1.41 bits per heavy atom. The fourth-order valence-corrected chi connectivity index (χ4v) is 2.80. The Balaban J connectivity index is 0.00000242. The summed E-state index contributed by atoms with van der Waals surface area (Å²) in [6, 6.07) is -0.349. The van der Waals surface area contributed by atoms with E-state index in [1.54, 1.807) is 0 Å². The fraction of sp³-hybridized carbons (Fsp3) is 0.867. The molecule has 0 aromatic carbocycles. The number of amides is 2. The van der Waals surface area contributed by atoms with Gasteiger partial charge in [-0.3, -0.25) is 9.59 Å². The van der Waals surface area contributed by atoms with Gasteiger partial charge < -0.3 is 20.4 Å². The first-order chi connectivity index (χ1) is 10.1. The van der Waals surface area contributed by atoms with Gasteiger partial charge in [-0.15, -0.1) is 12.4 Å². The number of carbonyl (C=O) groups excluding carboxylic acids is 2. The number of nitrogens with zero attached hydrogens (tertiary/aromatic N) is 2. The summed E-state index contributed by atoms with van der Waals surface area (Å²) in [6.45, 7) is 3.87. The van der Waals surface area contributed by atoms with Gasteiger partial charge >= 0.3 is 0 Å². The van der Waals surface area contributed by atoms with E-state index in [2.05, 4.69) is 10.6 Å². The summed E-state index contributed by atoms with van der Waals surface area (Å²) in [5.41, 5.74) is 0. The van der Waals surface area contributed by atoms with E-state index >= 15 is 0 Å². The van der Waals surface area contributed by atoms with E-state index in [9.17, 15) is 9.59 Å². The van der Waals surface area contributed by atoms with Crippen molar-refractivity contribution in [3.63, 3.8) is 0 Å². The van der Waals surface area contributed by atoms with Crippen molar-refractivity contribution in [1.82, 2.24) is 20.4 Å². The van der Waals surface area contributed by atoms with E-state index in [-0.39, 0.29) is 36.7 Å². The molecule has 128 valence electrons. The lowest BCUT2D eigenvalue weighted by Gasteiger charge is -2.37. The van der Waals surface area contributed by atoms with E-state index in [0.717, 1.165) is 26.2 Å². The topological polar surface area (TPSA) is 64.7 Å². The predicted molar refractivity (Wildman–Crippen MR) is 89.1 cm³/mol. The molecule has 6 nitrogen and oxygen atoms in total. The summed E-state index contributed by atoms with van der Waals surface area (Å²) in [5.74, 6) is 0.728. The van der Waals surface area contributed by atoms with Gasteiger partial charge in [-0.2, -0.15) is 0 Å². The molecule has 0 radical (unpaired) electrons. The Morgan fingerprint density at radius 3 is 2.73 bits per heavy atom. The Labute approximate surface area is 139 Å². The molecule has 1 heterocycles. The Kier molecular flexibility index (Phi) is 8.14. The van der Waals surface area contributed by atoms with Gasteiger partial charge in [0.25, 0.3) is 0 Å². The Morgan fingerprint density at radius 2 is 2.14 bits per heavy atom. The first-order valence-corrected chi connectivity index (χ1v) is 8.00. The van der Waals surface area contributed by atoms with E-state index in [1.165, 1.54) is 19.3 Å². The summed E-state index contributed by atoms with van der Waals surface area (Å²) in [6.07, 6.45) is 4.02. The first kappa shape index (κ1) is 19.2. The van der Waals surface area contributed by atoms with Gasteiger partial charge in [0.05, 0.1) is 12.5 Å². The van der Waals surface area contributed by atoms with Gasteiger partial charge in [-0.05, 0) is 32.9 Å². The third-order valence-corrected chi connectivity index (χ3v) is 4.36. The number of carbonyl (C=O) groups is 2. The average Bonchev–Trinajstić information content (AvgIpc) is 2.37. The highest BCUT2D eigenvalue weighted by Gasteiger charge is 2.32. The van der Waals surface area contributed by atoms with Crippen LogP contribution in [0.4, 0.5) is 0 Å². The average molecular weight is 333 g/mol. The van der Waals surface area contributed by atoms with Crippen LogP contribution in [0.3, 0.4) is 0 Å². The zero-order valence-electron chi connectivity index (χ0n) is 13.6. The van der Waals surface area contributed by atoms with Crippen molar-refractivity contribution in [3.8, 4) is 0 Å². The molecule has 0 spiro atoms. The van der Waals surface area contributed by atoms with Crippen molar-refractivity contribution in [3.05, 3.63) is 0 Å². The van der Waals surface area contributed by atoms with Crippen molar-refractivity contribution in [2.45, 2.75) is 31.7 Å². The van der Waals surface area contributed by atoms with E-state index < -0.39 is 0 Å². The summed E-state index contributed by atoms with van der Waals surface area (Å²) < 4.78 is 0. The van der Waals surface area contributed by atoms with Crippen LogP contribution < -0.4 is 10.6 Å². The minimum Gasteiger partial charge on any atom is -0.355 e. The van der Waals surface area contributed by atoms with Gasteiger partial charge in [0.15, 0.2) is 0 Å². The molecule has 2 fully saturated rings. The normalized spacial score (nSPS) is 22.2. The van der Waals surface area contributed by atoms with Crippen LogP contribution in [-0.4, -0.2) is 74.5 Å². The molecule has 0 aromatic heterocycles. The number of piperazine rings is 1. The molecule has 0 bridgehead atoms. The van der Waals surface area contributed by atoms with Gasteiger partial charge in [0.2, 0.25) is 11.8 Å². The highest BCUT2D eigenvalue weighted by Crippen LogP contribution is 2.27. The molecule has 1 saturated heterocycles. The van der Waals surface area contributed by atoms with Crippen molar-refractivity contribution < 1.29 is 9.59 Å². The number of rotatable bonds is 7. The Hall–Kier alpha value is -0.850. The second-order valence-electron chi connectivity index (χ2n) is 6.45. The zero-order valence-corrected chi connectivity index (χ0v) is 14.5. The van der Waals surface area contributed by atoms with E-state index in [1.807, 2.05) is 23.9 Å². The largest absolute Gasteiger partial charge is 0.355 e. The zero-order chi connectivity index (χ0) is 15.2. The fourth-order valence-electron chi connectivity index (χ4n) is 2.80. The van der Waals surface area contributed by atoms with E-state index in [0.29, 0.717) is 12.5 Å². The molecule has 2 aliphatic rings. The molecule has 7 heteroatoms. The van der Waals surface area contributed by atoms with Crippen LogP contribution in [0.5, 0.6) is 0 Å². The second kappa shape index (κ2) is 9.33. The molecule has 1 saturated carbocycles. The minimum atomic E-state index is -0.349. The number of nitrogens with one attached hydrogen (secondary N) is 2. The lowest BCUT2D eigenvalue weighted by Crippen LogP contribution is -2.57. The number of hydrogen-bond acceptors (Lipinski definition) is 4. The van der Waals surface area contributed by atoms with Crippen molar-refractivity contribution in [1.29, 1.82) is 0 Å². The molecule has 0 aromatic rings. The number of hydrogen-bond donors (Lipinski definition) is 2. The van der Waals surface area contributed by atoms with Gasteiger partial charge in [0, 0.05) is 32.7 Å². The summed E-state index contributed by atoms with van der Waals surface area (Å²) in [4.78, 5) is 28.2. The van der Waals surface area contributed by atoms with Crippen LogP contribution in [0.15, 0.2) is 0 Å². The van der Waals surface area contributed by atoms with E-state index in [4.69, 9.17) is 0 Å². The van der Waals surface area contributed by atoms with Crippen molar-refractivity contribution in [2.24, 2.45) is 5.92 Å². The van der Waals surface area contributed by atoms with Crippen molar-refractivity contribution >= 4 is 24.2 Å². The van der Waals surface area contributed by atoms with Crippen LogP contribution in [0, 0.1) is 5.92 Å². The van der Waals surface area contributed by atoms with Gasteiger partial charge in [-0.25, -0.2) is 0 Å². The lowest BCUT2D eigenvalue weighted by molar-refractivity contribution is -0.139. The highest BCUT2D eigenvalue weighted by molar-refractivity contribution is 5.88. The van der Waals surface area contributed by atoms with Crippen LogP contribution >= 0.6 is 12.4 Å². The molecular weight excluding hydrogens is 304 g/mol. The van der Waals surface area contributed by atoms with Gasteiger partial charge in [-0.1, -0.05) is 6.42 Å². The van der Waals surface area contributed by atoms with Crippen molar-refractivity contribution in [2.75, 3.05) is 46.8 Å². The third-order valence-electron chi connectivity index (χ3n) is 4.36. The van der Waals surface area contributed by atoms with Gasteiger partial charge in [0.1, 0.15) is 0 Å². The predicted octanol–water partition coefficient (Wildman–Crippen LogP) is 0.0766. The lowest BCUT2D eigenvalue weighted by atomic mass is 9.85. The molecule has 2 rings (SSSR count). The molecule has 2 N–H and O–H groups in total. The second-order valence-corrected chi connectivity index (χ2v) is 6.45. The molecule has 1 atom stereocenters. The van der Waals surface area contributed by atoms with Crippen LogP contribution in [0.2, 0.25) is 0 Å². The maximum atomic E-state index is 12.4. The summed E-state index contributed by atoms with van der Waals surface area (Å²) in [7, 11) is 3.94.